The number of anilines is 2. The Kier molecular flexibility index (Phi) is 21.4. The van der Waals surface area contributed by atoms with Gasteiger partial charge in [-0.3, -0.25) is 24.0 Å². The predicted octanol–water partition coefficient (Wildman–Crippen LogP) is 6.06. The number of likely N-dealkylation sites (tertiary alicyclic amines) is 1. The number of aromatic amines is 1. The van der Waals surface area contributed by atoms with Crippen molar-refractivity contribution in [1.29, 1.82) is 0 Å². The number of carbonyl (C=O) groups is 5. The van der Waals surface area contributed by atoms with E-state index in [1.54, 1.807) is 59.6 Å². The van der Waals surface area contributed by atoms with Crippen molar-refractivity contribution in [2.75, 3.05) is 76.7 Å². The van der Waals surface area contributed by atoms with Crippen molar-refractivity contribution in [1.82, 2.24) is 40.4 Å². The fourth-order valence-corrected chi connectivity index (χ4v) is 15.5. The molecular formula is C59H71F2N9O15S4. The topological polar surface area (TPSA) is 306 Å². The van der Waals surface area contributed by atoms with Gasteiger partial charge in [0.15, 0.2) is 30.3 Å². The normalized spacial score (nSPS) is 15.5. The van der Waals surface area contributed by atoms with Gasteiger partial charge in [0.2, 0.25) is 17.7 Å². The van der Waals surface area contributed by atoms with E-state index in [-0.39, 0.29) is 106 Å². The second-order valence-electron chi connectivity index (χ2n) is 23.3. The number of thiazole rings is 1. The Morgan fingerprint density at radius 2 is 1.61 bits per heavy atom. The molecule has 0 aliphatic carbocycles. The average molecular weight is 1310 g/mol. The number of pyridine rings is 2. The molecule has 6 aromatic rings. The maximum absolute atomic E-state index is 15.6. The Morgan fingerprint density at radius 3 is 2.26 bits per heavy atom. The Hall–Kier alpha value is -7.35. The number of ether oxygens (including phenoxy) is 5. The molecule has 30 heteroatoms. The quantitative estimate of drug-likeness (QED) is 0.0273. The molecule has 6 heterocycles. The Labute approximate surface area is 521 Å². The third-order valence-corrected chi connectivity index (χ3v) is 19.3. The molecule has 3 atom stereocenters. The minimum absolute atomic E-state index is 0.00691. The molecule has 8 rings (SSSR count). The third-order valence-electron chi connectivity index (χ3n) is 14.3. The van der Waals surface area contributed by atoms with Crippen LogP contribution in [0.2, 0.25) is 0 Å². The number of carbonyl (C=O) groups excluding carboxylic acids is 5. The summed E-state index contributed by atoms with van der Waals surface area (Å²) in [6.07, 6.45) is 3.84. The Morgan fingerprint density at radius 1 is 0.910 bits per heavy atom. The number of hydrogen-bond donors (Lipinski definition) is 4. The van der Waals surface area contributed by atoms with Gasteiger partial charge in [0, 0.05) is 79.6 Å². The first-order valence-electron chi connectivity index (χ1n) is 28.1. The molecule has 0 saturated carbocycles. The van der Waals surface area contributed by atoms with Gasteiger partial charge in [-0.2, -0.15) is 0 Å². The van der Waals surface area contributed by atoms with E-state index in [9.17, 15) is 50.0 Å². The van der Waals surface area contributed by atoms with Gasteiger partial charge in [-0.15, -0.1) is 11.3 Å². The number of fused-ring (bicyclic) bond motifs is 2. The third kappa shape index (κ3) is 17.5. The van der Waals surface area contributed by atoms with Gasteiger partial charge in [0.25, 0.3) is 11.5 Å². The summed E-state index contributed by atoms with van der Waals surface area (Å²) in [6, 6.07) is 8.88. The van der Waals surface area contributed by atoms with E-state index >= 15 is 4.39 Å². The minimum Gasteiger partial charge on any atom is -0.433 e. The fraction of sp³-hybridized carbons (Fsp3) is 0.458. The average Bonchev–Trinajstić information content (AvgIpc) is 1.64. The second-order valence-corrected chi connectivity index (χ2v) is 31.3. The standard InChI is InChI=1S/C59H71F2N9O15S4/c1-34-50(86-33-66-34)36-12-10-35(11-13-36)24-65-54(73)46-22-40(85-57(76)84-32-59(5,6)87-89(9,79)80)28-70(46)56(75)51(58(2,3)4)67-47(71)30-83-19-18-82-17-16-81-15-14-62-53(72)41-23-45-42(20-37(41)31-88(8,77)78)43-29-68(7)55(74)49-48(43)38(25-63-49)27-69(45)52-44(61)21-39(60)26-64-52/h10-13,20-21,23,25-26,29,33,40,46,51,63H,14-19,22,24,27-28,30-32H2,1-9H3,(H,62,72)(H,65,73)(H,67,71). The van der Waals surface area contributed by atoms with Crippen LogP contribution in [0.5, 0.6) is 0 Å². The van der Waals surface area contributed by atoms with Crippen LogP contribution in [0, 0.1) is 24.0 Å². The van der Waals surface area contributed by atoms with E-state index < -0.39 is 101 Å². The number of rotatable bonds is 26. The molecule has 3 unspecified atom stereocenters. The number of sulfone groups is 1. The number of hydrogen-bond acceptors (Lipinski definition) is 20. The molecular weight excluding hydrogens is 1240 g/mol. The lowest BCUT2D eigenvalue weighted by molar-refractivity contribution is -0.144. The van der Waals surface area contributed by atoms with Crippen LogP contribution in [0.15, 0.2) is 71.4 Å². The fourth-order valence-electron chi connectivity index (χ4n) is 10.3. The lowest BCUT2D eigenvalue weighted by Gasteiger charge is -2.35. The van der Waals surface area contributed by atoms with Gasteiger partial charge in [-0.05, 0) is 71.4 Å². The van der Waals surface area contributed by atoms with Crippen molar-refractivity contribution in [3.63, 3.8) is 0 Å². The first kappa shape index (κ1) is 67.6. The number of H-pyrrole nitrogens is 1. The first-order valence-corrected chi connectivity index (χ1v) is 34.3. The summed E-state index contributed by atoms with van der Waals surface area (Å²) in [6.45, 7) is 9.49. The molecule has 1 saturated heterocycles. The van der Waals surface area contributed by atoms with Crippen molar-refractivity contribution in [3.05, 3.63) is 117 Å². The smallest absolute Gasteiger partial charge is 0.433 e. The summed E-state index contributed by atoms with van der Waals surface area (Å²) in [7, 11) is -5.06. The highest BCUT2D eigenvalue weighted by Crippen LogP contribution is 2.45. The molecule has 4 amide bonds. The summed E-state index contributed by atoms with van der Waals surface area (Å²) in [5.41, 5.74) is 5.17. The molecule has 480 valence electrons. The molecule has 1 fully saturated rings. The summed E-state index contributed by atoms with van der Waals surface area (Å²) in [5, 5.41) is 8.90. The summed E-state index contributed by atoms with van der Waals surface area (Å²) < 4.78 is 107. The molecule has 2 aliphatic heterocycles. The van der Waals surface area contributed by atoms with Gasteiger partial charge in [-0.1, -0.05) is 45.0 Å². The van der Waals surface area contributed by atoms with Crippen molar-refractivity contribution < 1.29 is 73.3 Å². The van der Waals surface area contributed by atoms with Crippen molar-refractivity contribution in [3.8, 4) is 21.6 Å². The van der Waals surface area contributed by atoms with Crippen LogP contribution in [0.4, 0.5) is 25.1 Å². The molecule has 0 radical (unpaired) electrons. The first-order chi connectivity index (χ1) is 41.9. The van der Waals surface area contributed by atoms with E-state index in [1.807, 2.05) is 31.2 Å². The van der Waals surface area contributed by atoms with E-state index in [2.05, 4.69) is 30.9 Å². The van der Waals surface area contributed by atoms with Gasteiger partial charge >= 0.3 is 6.16 Å². The zero-order valence-electron chi connectivity index (χ0n) is 50.5. The highest BCUT2D eigenvalue weighted by Gasteiger charge is 2.46. The monoisotopic (exact) mass is 1310 g/mol. The molecule has 4 aromatic heterocycles. The number of aromatic nitrogens is 4. The zero-order chi connectivity index (χ0) is 64.8. The van der Waals surface area contributed by atoms with Crippen LogP contribution < -0.4 is 26.4 Å². The summed E-state index contributed by atoms with van der Waals surface area (Å²) >= 11 is 1.51. The SMILES string of the molecule is Cc1ncsc1-c1ccc(CNC(=O)C2CC(OC(=O)OCC(C)(C)SS(C)(=O)=O)CN2C(=O)C(NC(=O)COCCOCCOCCNC(=O)c2cc3c(cc2CS(C)(=O)=O)-c2cn(C)c(=O)c4[nH]cc(c24)CN3c2ncc(F)cc2F)C(C)(C)C)cc1. The Bertz CT molecular complexity index is 3930. The minimum atomic E-state index is -3.74. The number of halogens is 2. The highest BCUT2D eigenvalue weighted by atomic mass is 33.1. The number of amides is 4. The zero-order valence-corrected chi connectivity index (χ0v) is 53.8. The maximum atomic E-state index is 15.6. The van der Waals surface area contributed by atoms with Crippen LogP contribution in [-0.2, 0) is 82.7 Å². The molecule has 4 N–H and O–H groups in total. The van der Waals surface area contributed by atoms with Crippen LogP contribution >= 0.6 is 22.1 Å². The lowest BCUT2D eigenvalue weighted by Crippen LogP contribution is -2.58. The van der Waals surface area contributed by atoms with Crippen molar-refractivity contribution in [2.45, 2.75) is 89.7 Å². The van der Waals surface area contributed by atoms with Crippen LogP contribution in [0.1, 0.15) is 73.8 Å². The number of nitrogens with one attached hydrogen (secondary N) is 4. The summed E-state index contributed by atoms with van der Waals surface area (Å²) in [4.78, 5) is 97.2. The molecule has 0 spiro atoms. The molecule has 2 aromatic carbocycles. The Balaban J connectivity index is 0.825. The van der Waals surface area contributed by atoms with Crippen molar-refractivity contribution in [2.24, 2.45) is 12.5 Å². The van der Waals surface area contributed by atoms with Crippen LogP contribution in [-0.4, -0.2) is 166 Å². The van der Waals surface area contributed by atoms with Crippen molar-refractivity contribution >= 4 is 93.0 Å². The number of aryl methyl sites for hydroxylation is 2. The van der Waals surface area contributed by atoms with Crippen LogP contribution in [0.3, 0.4) is 0 Å². The van der Waals surface area contributed by atoms with E-state index in [0.717, 1.165) is 40.4 Å². The molecule has 0 bridgehead atoms. The summed E-state index contributed by atoms with van der Waals surface area (Å²) in [5.74, 6) is -5.20. The second kappa shape index (κ2) is 28.2. The highest BCUT2D eigenvalue weighted by molar-refractivity contribution is 8.72. The molecule has 24 nitrogen and oxygen atoms in total. The number of benzene rings is 2. The van der Waals surface area contributed by atoms with E-state index in [0.29, 0.717) is 38.9 Å². The van der Waals surface area contributed by atoms with Gasteiger partial charge in [0.1, 0.15) is 42.7 Å². The molecule has 89 heavy (non-hydrogen) atoms. The van der Waals surface area contributed by atoms with E-state index in [1.165, 1.54) is 37.8 Å². The number of nitrogens with zero attached hydrogens (tertiary/aromatic N) is 5. The maximum Gasteiger partial charge on any atom is 0.508 e. The van der Waals surface area contributed by atoms with Gasteiger partial charge in [-0.25, -0.2) is 40.4 Å². The molecule has 2 aliphatic rings. The van der Waals surface area contributed by atoms with Crippen LogP contribution in [0.25, 0.3) is 32.5 Å². The van der Waals surface area contributed by atoms with Gasteiger partial charge < -0.3 is 59.0 Å². The van der Waals surface area contributed by atoms with E-state index in [4.69, 9.17) is 23.7 Å². The lowest BCUT2D eigenvalue weighted by atomic mass is 9.85. The van der Waals surface area contributed by atoms with Gasteiger partial charge in [0.05, 0.1) is 84.6 Å². The largest absolute Gasteiger partial charge is 0.508 e. The predicted molar refractivity (Wildman–Crippen MR) is 331 cm³/mol.